The van der Waals surface area contributed by atoms with E-state index in [1.165, 1.54) is 4.90 Å². The summed E-state index contributed by atoms with van der Waals surface area (Å²) in [6.45, 7) is 6.83. The Morgan fingerprint density at radius 3 is 2.21 bits per heavy atom. The van der Waals surface area contributed by atoms with Crippen molar-refractivity contribution in [2.75, 3.05) is 39.3 Å². The maximum atomic E-state index is 12.4. The van der Waals surface area contributed by atoms with Crippen molar-refractivity contribution in [1.29, 1.82) is 0 Å². The molecule has 1 N–H and O–H groups in total. The minimum Gasteiger partial charge on any atom is -0.352 e. The van der Waals surface area contributed by atoms with Crippen molar-refractivity contribution in [2.45, 2.75) is 38.3 Å². The van der Waals surface area contributed by atoms with Crippen LogP contribution in [0, 0.1) is 0 Å². The monoisotopic (exact) mass is 384 g/mol. The topological polar surface area (TPSA) is 73.0 Å². The van der Waals surface area contributed by atoms with E-state index in [0.717, 1.165) is 52.0 Å². The SMILES string of the molecule is CC(C(=O)NC1CC1)N1CCN(CCCN2C(=O)c3ccccc3C2=O)CC1. The molecule has 4 rings (SSSR count). The quantitative estimate of drug-likeness (QED) is 0.709. The Morgan fingerprint density at radius 1 is 1.04 bits per heavy atom. The first-order valence-corrected chi connectivity index (χ1v) is 10.3. The van der Waals surface area contributed by atoms with Crippen molar-refractivity contribution in [2.24, 2.45) is 0 Å². The zero-order chi connectivity index (χ0) is 19.7. The van der Waals surface area contributed by atoms with Crippen LogP contribution in [0.3, 0.4) is 0 Å². The number of benzene rings is 1. The van der Waals surface area contributed by atoms with Gasteiger partial charge < -0.3 is 10.2 Å². The largest absolute Gasteiger partial charge is 0.352 e. The van der Waals surface area contributed by atoms with Crippen LogP contribution in [-0.4, -0.2) is 83.8 Å². The lowest BCUT2D eigenvalue weighted by molar-refractivity contribution is -0.126. The summed E-state index contributed by atoms with van der Waals surface area (Å²) >= 11 is 0. The number of piperazine rings is 1. The first-order valence-electron chi connectivity index (χ1n) is 10.3. The molecule has 7 nitrogen and oxygen atoms in total. The minimum atomic E-state index is -0.180. The van der Waals surface area contributed by atoms with Gasteiger partial charge in [0.25, 0.3) is 11.8 Å². The average molecular weight is 384 g/mol. The van der Waals surface area contributed by atoms with Gasteiger partial charge in [0, 0.05) is 38.8 Å². The van der Waals surface area contributed by atoms with E-state index >= 15 is 0 Å². The van der Waals surface area contributed by atoms with Crippen molar-refractivity contribution in [1.82, 2.24) is 20.0 Å². The summed E-state index contributed by atoms with van der Waals surface area (Å²) in [7, 11) is 0. The molecular weight excluding hydrogens is 356 g/mol. The van der Waals surface area contributed by atoms with Crippen LogP contribution >= 0.6 is 0 Å². The summed E-state index contributed by atoms with van der Waals surface area (Å²) in [5, 5.41) is 3.08. The highest BCUT2D eigenvalue weighted by Crippen LogP contribution is 2.22. The van der Waals surface area contributed by atoms with E-state index in [0.29, 0.717) is 23.7 Å². The van der Waals surface area contributed by atoms with Crippen LogP contribution in [0.25, 0.3) is 0 Å². The summed E-state index contributed by atoms with van der Waals surface area (Å²) in [4.78, 5) is 43.0. The van der Waals surface area contributed by atoms with Gasteiger partial charge in [-0.3, -0.25) is 24.2 Å². The Bertz CT molecular complexity index is 734. The van der Waals surface area contributed by atoms with Crippen LogP contribution in [0.1, 0.15) is 46.9 Å². The summed E-state index contributed by atoms with van der Waals surface area (Å²) < 4.78 is 0. The van der Waals surface area contributed by atoms with Crippen molar-refractivity contribution >= 4 is 17.7 Å². The Balaban J connectivity index is 1.19. The van der Waals surface area contributed by atoms with Crippen molar-refractivity contribution in [3.8, 4) is 0 Å². The number of imide groups is 1. The number of nitrogens with zero attached hydrogens (tertiary/aromatic N) is 3. The standard InChI is InChI=1S/C21H28N4O3/c1-15(19(26)22-16-7-8-16)24-13-11-23(12-14-24)9-4-10-25-20(27)17-5-2-3-6-18(17)21(25)28/h2-3,5-6,15-16H,4,7-14H2,1H3,(H,22,26). The highest BCUT2D eigenvalue weighted by molar-refractivity contribution is 6.21. The second-order valence-electron chi connectivity index (χ2n) is 8.00. The molecule has 2 aliphatic heterocycles. The van der Waals surface area contributed by atoms with E-state index in [2.05, 4.69) is 15.1 Å². The summed E-state index contributed by atoms with van der Waals surface area (Å²) in [5.41, 5.74) is 1.03. The van der Waals surface area contributed by atoms with Crippen LogP contribution < -0.4 is 5.32 Å². The van der Waals surface area contributed by atoms with E-state index in [-0.39, 0.29) is 23.8 Å². The van der Waals surface area contributed by atoms with Gasteiger partial charge in [0.1, 0.15) is 0 Å². The van der Waals surface area contributed by atoms with Crippen molar-refractivity contribution in [3.63, 3.8) is 0 Å². The van der Waals surface area contributed by atoms with Gasteiger partial charge in [0.2, 0.25) is 5.91 Å². The predicted octanol–water partition coefficient (Wildman–Crippen LogP) is 0.957. The molecule has 1 aliphatic carbocycles. The number of carbonyl (C=O) groups is 3. The third kappa shape index (κ3) is 3.95. The maximum Gasteiger partial charge on any atom is 0.261 e. The van der Waals surface area contributed by atoms with Gasteiger partial charge in [-0.25, -0.2) is 0 Å². The fourth-order valence-corrected chi connectivity index (χ4v) is 3.98. The maximum absolute atomic E-state index is 12.4. The van der Waals surface area contributed by atoms with Gasteiger partial charge in [0.05, 0.1) is 17.2 Å². The van der Waals surface area contributed by atoms with Gasteiger partial charge in [-0.1, -0.05) is 12.1 Å². The van der Waals surface area contributed by atoms with Crippen molar-refractivity contribution in [3.05, 3.63) is 35.4 Å². The molecule has 0 bridgehead atoms. The zero-order valence-electron chi connectivity index (χ0n) is 16.4. The molecular formula is C21H28N4O3. The van der Waals surface area contributed by atoms with Crippen LogP contribution in [0.15, 0.2) is 24.3 Å². The lowest BCUT2D eigenvalue weighted by atomic mass is 10.1. The highest BCUT2D eigenvalue weighted by atomic mass is 16.2. The molecule has 1 saturated carbocycles. The van der Waals surface area contributed by atoms with E-state index in [4.69, 9.17) is 0 Å². The normalized spacial score (nSPS) is 21.7. The first-order chi connectivity index (χ1) is 13.5. The number of rotatable bonds is 7. The summed E-state index contributed by atoms with van der Waals surface area (Å²) in [6.07, 6.45) is 2.99. The number of hydrogen-bond acceptors (Lipinski definition) is 5. The molecule has 2 heterocycles. The number of hydrogen-bond donors (Lipinski definition) is 1. The fraction of sp³-hybridized carbons (Fsp3) is 0.571. The molecule has 1 saturated heterocycles. The highest BCUT2D eigenvalue weighted by Gasteiger charge is 2.35. The van der Waals surface area contributed by atoms with Crippen LogP contribution in [0.2, 0.25) is 0 Å². The average Bonchev–Trinajstić information content (AvgIpc) is 3.50. The molecule has 150 valence electrons. The molecule has 28 heavy (non-hydrogen) atoms. The second kappa shape index (κ2) is 8.01. The van der Waals surface area contributed by atoms with Gasteiger partial charge in [-0.15, -0.1) is 0 Å². The molecule has 1 unspecified atom stereocenters. The second-order valence-corrected chi connectivity index (χ2v) is 8.00. The molecule has 2 fully saturated rings. The molecule has 1 aromatic rings. The number of fused-ring (bicyclic) bond motifs is 1. The molecule has 0 radical (unpaired) electrons. The van der Waals surface area contributed by atoms with Gasteiger partial charge in [-0.2, -0.15) is 0 Å². The van der Waals surface area contributed by atoms with E-state index in [9.17, 15) is 14.4 Å². The van der Waals surface area contributed by atoms with E-state index in [1.807, 2.05) is 6.92 Å². The molecule has 0 aromatic heterocycles. The molecule has 1 aromatic carbocycles. The Labute approximate surface area is 165 Å². The first kappa shape index (κ1) is 19.1. The van der Waals surface area contributed by atoms with E-state index in [1.54, 1.807) is 24.3 Å². The van der Waals surface area contributed by atoms with Gasteiger partial charge >= 0.3 is 0 Å². The molecule has 1 atom stereocenters. The predicted molar refractivity (Wildman–Crippen MR) is 105 cm³/mol. The smallest absolute Gasteiger partial charge is 0.261 e. The molecule has 3 aliphatic rings. The van der Waals surface area contributed by atoms with Crippen LogP contribution in [0.5, 0.6) is 0 Å². The van der Waals surface area contributed by atoms with Crippen LogP contribution in [0.4, 0.5) is 0 Å². The lowest BCUT2D eigenvalue weighted by Crippen LogP contribution is -2.54. The number of amides is 3. The minimum absolute atomic E-state index is 0.0823. The summed E-state index contributed by atoms with van der Waals surface area (Å²) in [6, 6.07) is 7.34. The Hall–Kier alpha value is -2.25. The third-order valence-electron chi connectivity index (χ3n) is 5.99. The van der Waals surface area contributed by atoms with Gasteiger partial charge in [0.15, 0.2) is 0 Å². The zero-order valence-corrected chi connectivity index (χ0v) is 16.4. The Morgan fingerprint density at radius 2 is 1.64 bits per heavy atom. The van der Waals surface area contributed by atoms with Crippen LogP contribution in [-0.2, 0) is 4.79 Å². The van der Waals surface area contributed by atoms with Crippen molar-refractivity contribution < 1.29 is 14.4 Å². The molecule has 3 amide bonds. The summed E-state index contributed by atoms with van der Waals surface area (Å²) in [5.74, 6) is -0.219. The molecule has 0 spiro atoms. The molecule has 7 heteroatoms. The number of carbonyl (C=O) groups excluding carboxylic acids is 3. The fourth-order valence-electron chi connectivity index (χ4n) is 3.98. The Kier molecular flexibility index (Phi) is 5.46. The van der Waals surface area contributed by atoms with Gasteiger partial charge in [-0.05, 0) is 44.9 Å². The third-order valence-corrected chi connectivity index (χ3v) is 5.99. The number of nitrogens with one attached hydrogen (secondary N) is 1. The lowest BCUT2D eigenvalue weighted by Gasteiger charge is -2.37. The van der Waals surface area contributed by atoms with E-state index < -0.39 is 0 Å².